The van der Waals surface area contributed by atoms with Crippen LogP contribution in [0, 0.1) is 0 Å². The SMILES string of the molecule is COC(=O)C/C(C(=O)O)=C(\Cc1c(Br)c(O)c(O)c(Br)c1Br)C(=O)O. The van der Waals surface area contributed by atoms with Crippen molar-refractivity contribution in [3.63, 3.8) is 0 Å². The fourth-order valence-corrected chi connectivity index (χ4v) is 3.60. The summed E-state index contributed by atoms with van der Waals surface area (Å²) in [6.07, 6.45) is -1.20. The van der Waals surface area contributed by atoms with E-state index in [0.717, 1.165) is 7.11 Å². The van der Waals surface area contributed by atoms with Crippen LogP contribution in [-0.4, -0.2) is 45.4 Å². The minimum atomic E-state index is -1.59. The third-order valence-electron chi connectivity index (χ3n) is 3.15. The molecule has 8 nitrogen and oxygen atoms in total. The molecular weight excluding hydrogens is 536 g/mol. The molecule has 0 saturated heterocycles. The lowest BCUT2D eigenvalue weighted by Gasteiger charge is -2.15. The topological polar surface area (TPSA) is 141 Å². The number of carboxylic acids is 2. The maximum atomic E-state index is 11.6. The lowest BCUT2D eigenvalue weighted by atomic mass is 9.97. The van der Waals surface area contributed by atoms with Crippen molar-refractivity contribution in [3.8, 4) is 11.5 Å². The summed E-state index contributed by atoms with van der Waals surface area (Å²) in [7, 11) is 1.05. The number of aliphatic carboxylic acids is 2. The van der Waals surface area contributed by atoms with E-state index in [1.807, 2.05) is 0 Å². The molecule has 0 aliphatic carbocycles. The quantitative estimate of drug-likeness (QED) is 0.185. The van der Waals surface area contributed by atoms with Crippen LogP contribution in [0.2, 0.25) is 0 Å². The highest BCUT2D eigenvalue weighted by Gasteiger charge is 2.27. The van der Waals surface area contributed by atoms with E-state index in [2.05, 4.69) is 52.5 Å². The molecule has 136 valence electrons. The van der Waals surface area contributed by atoms with Gasteiger partial charge in [-0.25, -0.2) is 9.59 Å². The summed E-state index contributed by atoms with van der Waals surface area (Å²) in [6.45, 7) is 0. The Bertz CT molecular complexity index is 756. The first-order valence-corrected chi connectivity index (χ1v) is 8.73. The van der Waals surface area contributed by atoms with Gasteiger partial charge in [0, 0.05) is 10.9 Å². The molecule has 0 bridgehead atoms. The van der Waals surface area contributed by atoms with Gasteiger partial charge in [-0.05, 0) is 53.4 Å². The molecule has 1 rings (SSSR count). The van der Waals surface area contributed by atoms with Crippen molar-refractivity contribution < 1.29 is 39.5 Å². The zero-order valence-electron chi connectivity index (χ0n) is 12.5. The third kappa shape index (κ3) is 4.73. The maximum absolute atomic E-state index is 11.6. The molecule has 1 aromatic rings. The van der Waals surface area contributed by atoms with Crippen LogP contribution in [-0.2, 0) is 25.5 Å². The average molecular weight is 547 g/mol. The van der Waals surface area contributed by atoms with Crippen molar-refractivity contribution in [2.75, 3.05) is 7.11 Å². The Balaban J connectivity index is 3.59. The summed E-state index contributed by atoms with van der Waals surface area (Å²) in [5.41, 5.74) is -1.07. The fourth-order valence-electron chi connectivity index (χ4n) is 1.85. The van der Waals surface area contributed by atoms with Crippen LogP contribution in [0.25, 0.3) is 0 Å². The number of hydrogen-bond acceptors (Lipinski definition) is 6. The van der Waals surface area contributed by atoms with Gasteiger partial charge in [-0.2, -0.15) is 0 Å². The van der Waals surface area contributed by atoms with Crippen LogP contribution in [0.1, 0.15) is 12.0 Å². The molecule has 0 radical (unpaired) electrons. The molecule has 25 heavy (non-hydrogen) atoms. The van der Waals surface area contributed by atoms with Crippen molar-refractivity contribution in [3.05, 3.63) is 30.1 Å². The highest BCUT2D eigenvalue weighted by molar-refractivity contribution is 9.13. The van der Waals surface area contributed by atoms with Crippen molar-refractivity contribution in [2.24, 2.45) is 0 Å². The van der Waals surface area contributed by atoms with Crippen LogP contribution >= 0.6 is 47.8 Å². The number of phenolic OH excluding ortho intramolecular Hbond substituents is 2. The fraction of sp³-hybridized carbons (Fsp3) is 0.214. The Hall–Kier alpha value is -1.59. The van der Waals surface area contributed by atoms with Gasteiger partial charge in [0.25, 0.3) is 0 Å². The molecule has 0 aromatic heterocycles. The first-order valence-electron chi connectivity index (χ1n) is 6.35. The number of phenols is 2. The van der Waals surface area contributed by atoms with E-state index >= 15 is 0 Å². The van der Waals surface area contributed by atoms with Crippen molar-refractivity contribution >= 4 is 65.7 Å². The minimum Gasteiger partial charge on any atom is -0.503 e. The van der Waals surface area contributed by atoms with Gasteiger partial charge in [0.15, 0.2) is 11.5 Å². The molecule has 0 aliphatic rings. The molecule has 0 saturated carbocycles. The predicted octanol–water partition coefficient (Wildman–Crippen LogP) is 2.96. The number of methoxy groups -OCH3 is 1. The number of esters is 1. The number of ether oxygens (including phenoxy) is 1. The van der Waals surface area contributed by atoms with Gasteiger partial charge in [0.05, 0.1) is 33.6 Å². The molecule has 1 aromatic carbocycles. The number of halogens is 3. The Labute approximate surface area is 166 Å². The summed E-state index contributed by atoms with van der Waals surface area (Å²) in [5, 5.41) is 38.3. The van der Waals surface area contributed by atoms with Crippen molar-refractivity contribution in [2.45, 2.75) is 12.8 Å². The molecular formula is C14H11Br3O8. The number of benzene rings is 1. The average Bonchev–Trinajstić information content (AvgIpc) is 2.56. The van der Waals surface area contributed by atoms with Gasteiger partial charge >= 0.3 is 17.9 Å². The van der Waals surface area contributed by atoms with Gasteiger partial charge in [-0.3, -0.25) is 4.79 Å². The van der Waals surface area contributed by atoms with Crippen LogP contribution in [0.4, 0.5) is 0 Å². The molecule has 0 amide bonds. The van der Waals surface area contributed by atoms with E-state index in [0.29, 0.717) is 0 Å². The lowest BCUT2D eigenvalue weighted by molar-refractivity contribution is -0.142. The second-order valence-electron chi connectivity index (χ2n) is 4.61. The largest absolute Gasteiger partial charge is 0.503 e. The number of carbonyl (C=O) groups is 3. The van der Waals surface area contributed by atoms with E-state index < -0.39 is 53.4 Å². The molecule has 0 heterocycles. The number of hydrogen-bond donors (Lipinski definition) is 4. The van der Waals surface area contributed by atoms with E-state index in [1.54, 1.807) is 0 Å². The number of rotatable bonds is 6. The van der Waals surface area contributed by atoms with E-state index in [4.69, 9.17) is 0 Å². The van der Waals surface area contributed by atoms with E-state index in [1.165, 1.54) is 0 Å². The number of carbonyl (C=O) groups excluding carboxylic acids is 1. The minimum absolute atomic E-state index is 0.0263. The summed E-state index contributed by atoms with van der Waals surface area (Å²) in [6, 6.07) is 0. The van der Waals surface area contributed by atoms with Gasteiger partial charge in [-0.15, -0.1) is 0 Å². The van der Waals surface area contributed by atoms with Crippen LogP contribution in [0.3, 0.4) is 0 Å². The maximum Gasteiger partial charge on any atom is 0.332 e. The first kappa shape index (κ1) is 21.5. The van der Waals surface area contributed by atoms with Crippen molar-refractivity contribution in [1.29, 1.82) is 0 Å². The third-order valence-corrected chi connectivity index (χ3v) is 6.18. The van der Waals surface area contributed by atoms with E-state index in [-0.39, 0.29) is 19.0 Å². The number of carboxylic acid groups (broad SMARTS) is 2. The molecule has 0 atom stereocenters. The standard InChI is InChI=1S/C14H11Br3O8/c1-25-7(18)3-5(14(23)24)4(13(21)22)2-6-8(15)10(17)12(20)11(19)9(6)16/h19-20H,2-3H2,1H3,(H,21,22)(H,23,24)/b5-4-. The second-order valence-corrected chi connectivity index (χ2v) is 6.99. The molecule has 0 spiro atoms. The van der Waals surface area contributed by atoms with Crippen LogP contribution in [0.15, 0.2) is 24.6 Å². The molecule has 0 aliphatic heterocycles. The normalized spacial score (nSPS) is 11.7. The highest BCUT2D eigenvalue weighted by Crippen LogP contribution is 2.47. The second kappa shape index (κ2) is 8.68. The summed E-state index contributed by atoms with van der Waals surface area (Å²) >= 11 is 9.20. The molecule has 0 unspecified atom stereocenters. The van der Waals surface area contributed by atoms with E-state index in [9.17, 15) is 34.8 Å². The summed E-state index contributed by atoms with van der Waals surface area (Å²) in [4.78, 5) is 34.3. The van der Waals surface area contributed by atoms with Gasteiger partial charge in [0.1, 0.15) is 0 Å². The molecule has 0 fully saturated rings. The van der Waals surface area contributed by atoms with Gasteiger partial charge in [-0.1, -0.05) is 0 Å². The summed E-state index contributed by atoms with van der Waals surface area (Å²) in [5.74, 6) is -5.10. The Morgan fingerprint density at radius 1 is 0.880 bits per heavy atom. The monoisotopic (exact) mass is 544 g/mol. The van der Waals surface area contributed by atoms with Gasteiger partial charge in [0.2, 0.25) is 0 Å². The van der Waals surface area contributed by atoms with Crippen LogP contribution in [0.5, 0.6) is 11.5 Å². The summed E-state index contributed by atoms with van der Waals surface area (Å²) < 4.78 is 4.62. The Morgan fingerprint density at radius 3 is 1.80 bits per heavy atom. The smallest absolute Gasteiger partial charge is 0.332 e. The zero-order valence-corrected chi connectivity index (χ0v) is 17.2. The first-order chi connectivity index (χ1) is 11.5. The van der Waals surface area contributed by atoms with Crippen molar-refractivity contribution in [1.82, 2.24) is 0 Å². The number of aromatic hydroxyl groups is 2. The Kier molecular flexibility index (Phi) is 7.44. The zero-order chi connectivity index (χ0) is 19.5. The highest BCUT2D eigenvalue weighted by atomic mass is 79.9. The lowest BCUT2D eigenvalue weighted by Crippen LogP contribution is -2.17. The molecule has 11 heteroatoms. The van der Waals surface area contributed by atoms with Crippen LogP contribution < -0.4 is 0 Å². The predicted molar refractivity (Wildman–Crippen MR) is 95.5 cm³/mol. The molecule has 4 N–H and O–H groups in total. The Morgan fingerprint density at radius 2 is 1.36 bits per heavy atom. The van der Waals surface area contributed by atoms with Gasteiger partial charge < -0.3 is 25.2 Å².